The maximum Gasteiger partial charge on any atom is 0.294 e. The van der Waals surface area contributed by atoms with Crippen molar-refractivity contribution in [2.75, 3.05) is 11.9 Å². The number of para-hydroxylation sites is 1. The second kappa shape index (κ2) is 7.84. The summed E-state index contributed by atoms with van der Waals surface area (Å²) in [5.41, 5.74) is 4.71. The van der Waals surface area contributed by atoms with Crippen molar-refractivity contribution in [2.45, 2.75) is 13.8 Å². The van der Waals surface area contributed by atoms with Gasteiger partial charge in [-0.3, -0.25) is 19.3 Å². The van der Waals surface area contributed by atoms with Crippen molar-refractivity contribution in [3.05, 3.63) is 70.3 Å². The number of hydrogen-bond donors (Lipinski definition) is 1. The van der Waals surface area contributed by atoms with E-state index in [1.54, 1.807) is 12.1 Å². The average molecular weight is 420 g/mol. The number of nitrogens with one attached hydrogen (secondary N) is 1. The highest BCUT2D eigenvalue weighted by molar-refractivity contribution is 8.18. The molecule has 2 aromatic carbocycles. The van der Waals surface area contributed by atoms with Gasteiger partial charge in [0.1, 0.15) is 6.54 Å². The van der Waals surface area contributed by atoms with Crippen LogP contribution >= 0.6 is 11.8 Å². The molecule has 0 unspecified atom stereocenters. The van der Waals surface area contributed by atoms with E-state index in [1.165, 1.54) is 0 Å². The fourth-order valence-electron chi connectivity index (χ4n) is 3.43. The molecule has 0 radical (unpaired) electrons. The zero-order chi connectivity index (χ0) is 21.4. The fourth-order valence-corrected chi connectivity index (χ4v) is 4.26. The number of aromatic nitrogens is 1. The molecule has 2 heterocycles. The van der Waals surface area contributed by atoms with E-state index in [0.717, 1.165) is 44.3 Å². The first-order valence-corrected chi connectivity index (χ1v) is 10.3. The largest absolute Gasteiger partial charge is 0.350 e. The van der Waals surface area contributed by atoms with E-state index in [-0.39, 0.29) is 6.54 Å². The van der Waals surface area contributed by atoms with E-state index in [9.17, 15) is 14.4 Å². The molecule has 0 saturated carbocycles. The van der Waals surface area contributed by atoms with Crippen LogP contribution in [-0.2, 0) is 16.6 Å². The Balaban J connectivity index is 1.51. The number of aryl methyl sites for hydroxylation is 3. The fraction of sp³-hybridized carbons (Fsp3) is 0.174. The van der Waals surface area contributed by atoms with Gasteiger partial charge in [0.05, 0.1) is 4.91 Å². The number of carbonyl (C=O) groups excluding carboxylic acids is 3. The monoisotopic (exact) mass is 419 g/mol. The molecule has 0 bridgehead atoms. The van der Waals surface area contributed by atoms with Crippen LogP contribution in [0.5, 0.6) is 0 Å². The predicted octanol–water partition coefficient (Wildman–Crippen LogP) is 4.47. The Morgan fingerprint density at radius 3 is 2.63 bits per heavy atom. The van der Waals surface area contributed by atoms with Gasteiger partial charge in [-0.1, -0.05) is 24.3 Å². The lowest BCUT2D eigenvalue weighted by Crippen LogP contribution is -2.36. The van der Waals surface area contributed by atoms with Crippen molar-refractivity contribution in [1.82, 2.24) is 9.47 Å². The van der Waals surface area contributed by atoms with Crippen LogP contribution in [0, 0.1) is 13.8 Å². The Labute approximate surface area is 178 Å². The van der Waals surface area contributed by atoms with Crippen molar-refractivity contribution in [3.63, 3.8) is 0 Å². The molecule has 1 saturated heterocycles. The van der Waals surface area contributed by atoms with E-state index in [1.807, 2.05) is 68.1 Å². The molecule has 1 N–H and O–H groups in total. The summed E-state index contributed by atoms with van der Waals surface area (Å²) in [6, 6.07) is 13.4. The SMILES string of the molecule is Cc1ccc(NC(=O)CN2C(=O)S/C(=C/c3cn(C)c4ccccc34)C2=O)cc1C. The third-order valence-electron chi connectivity index (χ3n) is 5.18. The number of imide groups is 1. The van der Waals surface area contributed by atoms with Crippen LogP contribution in [0.15, 0.2) is 53.6 Å². The third kappa shape index (κ3) is 3.76. The van der Waals surface area contributed by atoms with Crippen molar-refractivity contribution < 1.29 is 14.4 Å². The third-order valence-corrected chi connectivity index (χ3v) is 6.09. The van der Waals surface area contributed by atoms with Gasteiger partial charge in [-0.05, 0) is 61.0 Å². The van der Waals surface area contributed by atoms with E-state index in [0.29, 0.717) is 10.6 Å². The van der Waals surface area contributed by atoms with Crippen molar-refractivity contribution >= 4 is 51.5 Å². The van der Waals surface area contributed by atoms with Crippen LogP contribution in [0.4, 0.5) is 10.5 Å². The molecule has 1 aromatic heterocycles. The Morgan fingerprint density at radius 2 is 1.87 bits per heavy atom. The summed E-state index contributed by atoms with van der Waals surface area (Å²) in [7, 11) is 1.93. The second-order valence-corrected chi connectivity index (χ2v) is 8.32. The highest BCUT2D eigenvalue weighted by Crippen LogP contribution is 2.34. The van der Waals surface area contributed by atoms with Gasteiger partial charge in [0.2, 0.25) is 5.91 Å². The van der Waals surface area contributed by atoms with E-state index in [4.69, 9.17) is 0 Å². The average Bonchev–Trinajstić information content (AvgIpc) is 3.16. The molecule has 7 heteroatoms. The minimum absolute atomic E-state index is 0.315. The van der Waals surface area contributed by atoms with Gasteiger partial charge >= 0.3 is 0 Å². The lowest BCUT2D eigenvalue weighted by atomic mass is 10.1. The number of amides is 3. The maximum absolute atomic E-state index is 12.8. The van der Waals surface area contributed by atoms with Gasteiger partial charge in [0.15, 0.2) is 0 Å². The van der Waals surface area contributed by atoms with Crippen LogP contribution in [0.2, 0.25) is 0 Å². The quantitative estimate of drug-likeness (QED) is 0.634. The summed E-state index contributed by atoms with van der Waals surface area (Å²) >= 11 is 0.856. The number of thioether (sulfide) groups is 1. The first-order chi connectivity index (χ1) is 14.3. The molecule has 4 rings (SSSR count). The van der Waals surface area contributed by atoms with Crippen molar-refractivity contribution in [1.29, 1.82) is 0 Å². The topological polar surface area (TPSA) is 71.4 Å². The number of benzene rings is 2. The van der Waals surface area contributed by atoms with Crippen LogP contribution < -0.4 is 5.32 Å². The molecule has 0 aliphatic carbocycles. The van der Waals surface area contributed by atoms with E-state index < -0.39 is 17.1 Å². The van der Waals surface area contributed by atoms with Gasteiger partial charge in [0.25, 0.3) is 11.1 Å². The van der Waals surface area contributed by atoms with Gasteiger partial charge in [-0.15, -0.1) is 0 Å². The molecule has 1 aliphatic heterocycles. The summed E-state index contributed by atoms with van der Waals surface area (Å²) in [5.74, 6) is -0.861. The summed E-state index contributed by atoms with van der Waals surface area (Å²) in [6.45, 7) is 3.63. The zero-order valence-electron chi connectivity index (χ0n) is 16.9. The molecule has 0 atom stereocenters. The number of hydrogen-bond acceptors (Lipinski definition) is 4. The molecular formula is C23H21N3O3S. The maximum atomic E-state index is 12.8. The zero-order valence-corrected chi connectivity index (χ0v) is 17.7. The molecule has 1 aliphatic rings. The van der Waals surface area contributed by atoms with Crippen LogP contribution in [0.3, 0.4) is 0 Å². The van der Waals surface area contributed by atoms with Crippen molar-refractivity contribution in [2.24, 2.45) is 7.05 Å². The number of rotatable bonds is 4. The van der Waals surface area contributed by atoms with E-state index in [2.05, 4.69) is 5.32 Å². The number of carbonyl (C=O) groups is 3. The minimum atomic E-state index is -0.451. The molecule has 3 aromatic rings. The van der Waals surface area contributed by atoms with Gasteiger partial charge < -0.3 is 9.88 Å². The molecule has 152 valence electrons. The van der Waals surface area contributed by atoms with Crippen molar-refractivity contribution in [3.8, 4) is 0 Å². The normalized spacial score (nSPS) is 15.4. The minimum Gasteiger partial charge on any atom is -0.350 e. The van der Waals surface area contributed by atoms with Crippen LogP contribution in [0.25, 0.3) is 17.0 Å². The summed E-state index contributed by atoms with van der Waals surface area (Å²) in [5, 5.41) is 3.31. The molecule has 0 spiro atoms. The van der Waals surface area contributed by atoms with E-state index >= 15 is 0 Å². The van der Waals surface area contributed by atoms with Crippen LogP contribution in [0.1, 0.15) is 16.7 Å². The molecule has 6 nitrogen and oxygen atoms in total. The lowest BCUT2D eigenvalue weighted by molar-refractivity contribution is -0.127. The Kier molecular flexibility index (Phi) is 5.22. The molecular weight excluding hydrogens is 398 g/mol. The second-order valence-electron chi connectivity index (χ2n) is 7.33. The Hall–Kier alpha value is -3.32. The number of nitrogens with zero attached hydrogens (tertiary/aromatic N) is 2. The number of anilines is 1. The van der Waals surface area contributed by atoms with Crippen LogP contribution in [-0.4, -0.2) is 33.1 Å². The Bertz CT molecular complexity index is 1230. The number of fused-ring (bicyclic) bond motifs is 1. The standard InChI is InChI=1S/C23H21N3O3S/c1-14-8-9-17(10-15(14)2)24-21(27)13-26-22(28)20(30-23(26)29)11-16-12-25(3)19-7-5-4-6-18(16)19/h4-12H,13H2,1-3H3,(H,24,27)/b20-11+. The summed E-state index contributed by atoms with van der Waals surface area (Å²) in [6.07, 6.45) is 3.64. The molecule has 1 fully saturated rings. The predicted molar refractivity (Wildman–Crippen MR) is 120 cm³/mol. The summed E-state index contributed by atoms with van der Waals surface area (Å²) < 4.78 is 1.97. The van der Waals surface area contributed by atoms with Gasteiger partial charge in [0, 0.05) is 35.4 Å². The molecule has 30 heavy (non-hydrogen) atoms. The van der Waals surface area contributed by atoms with Gasteiger partial charge in [-0.25, -0.2) is 0 Å². The first kappa shape index (κ1) is 20.0. The lowest BCUT2D eigenvalue weighted by Gasteiger charge is -2.13. The molecule has 3 amide bonds. The Morgan fingerprint density at radius 1 is 1.10 bits per heavy atom. The summed E-state index contributed by atoms with van der Waals surface area (Å²) in [4.78, 5) is 38.9. The smallest absolute Gasteiger partial charge is 0.294 e. The first-order valence-electron chi connectivity index (χ1n) is 9.50. The highest BCUT2D eigenvalue weighted by Gasteiger charge is 2.36. The van der Waals surface area contributed by atoms with Gasteiger partial charge in [-0.2, -0.15) is 0 Å². The highest BCUT2D eigenvalue weighted by atomic mass is 32.2.